The number of hydrogen-bond donors (Lipinski definition) is 0. The molecule has 0 N–H and O–H groups in total. The van der Waals surface area contributed by atoms with Crippen molar-refractivity contribution in [1.29, 1.82) is 5.26 Å². The van der Waals surface area contributed by atoms with Gasteiger partial charge in [-0.3, -0.25) is 0 Å². The molecule has 0 fully saturated rings. The third kappa shape index (κ3) is 2.02. The molecule has 19 heavy (non-hydrogen) atoms. The smallest absolute Gasteiger partial charge is 0.336 e. The summed E-state index contributed by atoms with van der Waals surface area (Å²) in [4.78, 5) is 11.5. The molecule has 3 rings (SSSR count). The van der Waals surface area contributed by atoms with Crippen molar-refractivity contribution < 1.29 is 4.42 Å². The number of nitriles is 1. The number of benzene rings is 2. The molecule has 3 aromatic rings. The highest BCUT2D eigenvalue weighted by Crippen LogP contribution is 2.29. The zero-order chi connectivity index (χ0) is 13.4. The molecule has 1 aromatic heterocycles. The van der Waals surface area contributed by atoms with E-state index < -0.39 is 5.63 Å². The highest BCUT2D eigenvalue weighted by molar-refractivity contribution is 9.10. The third-order valence-electron chi connectivity index (χ3n) is 3.04. The molecule has 0 saturated carbocycles. The topological polar surface area (TPSA) is 54.0 Å². The first-order chi connectivity index (χ1) is 9.19. The molecule has 0 saturated heterocycles. The van der Waals surface area contributed by atoms with Gasteiger partial charge in [-0.1, -0.05) is 28.1 Å². The van der Waals surface area contributed by atoms with Gasteiger partial charge in [-0.15, -0.1) is 0 Å². The molecule has 0 bridgehead atoms. The first-order valence-electron chi connectivity index (χ1n) is 5.71. The molecule has 92 valence electrons. The number of rotatable bonds is 1. The quantitative estimate of drug-likeness (QED) is 0.507. The second-order valence-electron chi connectivity index (χ2n) is 4.23. The van der Waals surface area contributed by atoms with E-state index in [2.05, 4.69) is 22.0 Å². The summed E-state index contributed by atoms with van der Waals surface area (Å²) in [5.74, 6) is 0. The van der Waals surface area contributed by atoms with E-state index in [-0.39, 0.29) is 6.42 Å². The van der Waals surface area contributed by atoms with Crippen LogP contribution < -0.4 is 5.63 Å². The van der Waals surface area contributed by atoms with Gasteiger partial charge in [-0.05, 0) is 34.5 Å². The van der Waals surface area contributed by atoms with Gasteiger partial charge < -0.3 is 4.42 Å². The van der Waals surface area contributed by atoms with Crippen molar-refractivity contribution in [2.24, 2.45) is 0 Å². The number of hydrogen-bond acceptors (Lipinski definition) is 3. The second-order valence-corrected chi connectivity index (χ2v) is 5.15. The lowest BCUT2D eigenvalue weighted by Crippen LogP contribution is -2.00. The Hall–Kier alpha value is -2.12. The van der Waals surface area contributed by atoms with Crippen LogP contribution in [0.15, 0.2) is 50.1 Å². The zero-order valence-electron chi connectivity index (χ0n) is 9.81. The molecule has 0 amide bonds. The van der Waals surface area contributed by atoms with Gasteiger partial charge in [0.15, 0.2) is 0 Å². The Morgan fingerprint density at radius 3 is 2.84 bits per heavy atom. The van der Waals surface area contributed by atoms with Crippen molar-refractivity contribution in [1.82, 2.24) is 0 Å². The van der Waals surface area contributed by atoms with E-state index in [0.29, 0.717) is 11.1 Å². The zero-order valence-corrected chi connectivity index (χ0v) is 11.4. The number of fused-ring (bicyclic) bond motifs is 3. The molecular formula is C15H8BrNO2. The summed E-state index contributed by atoms with van der Waals surface area (Å²) in [5.41, 5.74) is 0.809. The minimum atomic E-state index is -0.422. The fraction of sp³-hybridized carbons (Fsp3) is 0.0667. The van der Waals surface area contributed by atoms with Gasteiger partial charge in [0.25, 0.3) is 0 Å². The molecule has 0 spiro atoms. The van der Waals surface area contributed by atoms with Crippen molar-refractivity contribution in [2.45, 2.75) is 6.42 Å². The van der Waals surface area contributed by atoms with Crippen LogP contribution >= 0.6 is 15.9 Å². The van der Waals surface area contributed by atoms with Gasteiger partial charge in [-0.25, -0.2) is 4.79 Å². The van der Waals surface area contributed by atoms with Crippen LogP contribution in [0.3, 0.4) is 0 Å². The molecule has 1 heterocycles. The van der Waals surface area contributed by atoms with Gasteiger partial charge in [-0.2, -0.15) is 5.26 Å². The summed E-state index contributed by atoms with van der Waals surface area (Å²) in [6, 6.07) is 13.1. The summed E-state index contributed by atoms with van der Waals surface area (Å²) >= 11 is 3.43. The highest BCUT2D eigenvalue weighted by atomic mass is 79.9. The van der Waals surface area contributed by atoms with Crippen molar-refractivity contribution in [2.75, 3.05) is 0 Å². The Bertz CT molecular complexity index is 890. The van der Waals surface area contributed by atoms with E-state index in [1.54, 1.807) is 6.07 Å². The first-order valence-corrected chi connectivity index (χ1v) is 6.50. The molecule has 3 nitrogen and oxygen atoms in total. The second kappa shape index (κ2) is 4.52. The van der Waals surface area contributed by atoms with Crippen molar-refractivity contribution in [3.63, 3.8) is 0 Å². The molecule has 4 heteroatoms. The molecule has 0 atom stereocenters. The van der Waals surface area contributed by atoms with Crippen LogP contribution in [0.25, 0.3) is 21.7 Å². The predicted molar refractivity (Wildman–Crippen MR) is 77.0 cm³/mol. The van der Waals surface area contributed by atoms with Gasteiger partial charge in [0, 0.05) is 15.9 Å². The Labute approximate surface area is 117 Å². The van der Waals surface area contributed by atoms with Crippen LogP contribution in [0.4, 0.5) is 0 Å². The minimum absolute atomic E-state index is 0.192. The van der Waals surface area contributed by atoms with E-state index >= 15 is 0 Å². The molecular weight excluding hydrogens is 306 g/mol. The molecule has 0 aliphatic carbocycles. The average molecular weight is 314 g/mol. The lowest BCUT2D eigenvalue weighted by atomic mass is 10.0. The van der Waals surface area contributed by atoms with Crippen LogP contribution in [0, 0.1) is 11.3 Å². The van der Waals surface area contributed by atoms with Crippen LogP contribution in [-0.4, -0.2) is 0 Å². The Kier molecular flexibility index (Phi) is 2.84. The largest absolute Gasteiger partial charge is 0.423 e. The summed E-state index contributed by atoms with van der Waals surface area (Å²) in [5, 5.41) is 11.8. The van der Waals surface area contributed by atoms with Crippen LogP contribution in [0.1, 0.15) is 5.56 Å². The van der Waals surface area contributed by atoms with E-state index in [9.17, 15) is 4.79 Å². The lowest BCUT2D eigenvalue weighted by molar-refractivity contribution is 0.560. The Morgan fingerprint density at radius 2 is 2.05 bits per heavy atom. The van der Waals surface area contributed by atoms with Crippen molar-refractivity contribution in [3.8, 4) is 6.07 Å². The Balaban J connectivity index is 2.53. The standard InChI is InChI=1S/C15H8BrNO2/c16-11-2-3-12-9(7-11)1-4-13-15(12)10(5-6-17)8-14(18)19-13/h1-4,7-8H,5H2. The van der Waals surface area contributed by atoms with E-state index in [1.165, 1.54) is 6.07 Å². The SMILES string of the molecule is N#CCc1cc(=O)oc2ccc3cc(Br)ccc3c12. The highest BCUT2D eigenvalue weighted by Gasteiger charge is 2.09. The van der Waals surface area contributed by atoms with Gasteiger partial charge in [0.05, 0.1) is 12.5 Å². The normalized spacial score (nSPS) is 10.7. The average Bonchev–Trinajstić information content (AvgIpc) is 2.38. The fourth-order valence-electron chi connectivity index (χ4n) is 2.27. The van der Waals surface area contributed by atoms with E-state index in [1.807, 2.05) is 24.3 Å². The van der Waals surface area contributed by atoms with Crippen LogP contribution in [0.5, 0.6) is 0 Å². The summed E-state index contributed by atoms with van der Waals surface area (Å²) in [6.45, 7) is 0. The monoisotopic (exact) mass is 313 g/mol. The maximum absolute atomic E-state index is 11.5. The minimum Gasteiger partial charge on any atom is -0.423 e. The van der Waals surface area contributed by atoms with Crippen LogP contribution in [-0.2, 0) is 6.42 Å². The first kappa shape index (κ1) is 11.9. The summed E-state index contributed by atoms with van der Waals surface area (Å²) < 4.78 is 6.20. The van der Waals surface area contributed by atoms with Crippen molar-refractivity contribution >= 4 is 37.7 Å². The molecule has 0 unspecified atom stereocenters. The van der Waals surface area contributed by atoms with Gasteiger partial charge >= 0.3 is 5.63 Å². The molecule has 2 aromatic carbocycles. The third-order valence-corrected chi connectivity index (χ3v) is 3.53. The van der Waals surface area contributed by atoms with Gasteiger partial charge in [0.1, 0.15) is 5.58 Å². The predicted octanol–water partition coefficient (Wildman–Crippen LogP) is 3.77. The maximum atomic E-state index is 11.5. The lowest BCUT2D eigenvalue weighted by Gasteiger charge is -2.06. The van der Waals surface area contributed by atoms with E-state index in [0.717, 1.165) is 20.6 Å². The molecule has 0 radical (unpaired) electrons. The van der Waals surface area contributed by atoms with Crippen LogP contribution in [0.2, 0.25) is 0 Å². The maximum Gasteiger partial charge on any atom is 0.336 e. The van der Waals surface area contributed by atoms with Gasteiger partial charge in [0.2, 0.25) is 0 Å². The summed E-state index contributed by atoms with van der Waals surface area (Å²) in [6.07, 6.45) is 0.192. The fourth-order valence-corrected chi connectivity index (χ4v) is 2.65. The van der Waals surface area contributed by atoms with Crippen molar-refractivity contribution in [3.05, 3.63) is 56.9 Å². The summed E-state index contributed by atoms with van der Waals surface area (Å²) in [7, 11) is 0. The Morgan fingerprint density at radius 1 is 1.21 bits per heavy atom. The van der Waals surface area contributed by atoms with E-state index in [4.69, 9.17) is 9.68 Å². The molecule has 0 aliphatic rings. The number of nitrogens with zero attached hydrogens (tertiary/aromatic N) is 1. The molecule has 0 aliphatic heterocycles. The number of halogens is 1.